The number of ether oxygens (including phenoxy) is 1. The smallest absolute Gasteiger partial charge is 0.0773 e. The Hall–Kier alpha value is -0.520. The molecule has 0 aliphatic heterocycles. The molecular formula is C10H19N3OS. The summed E-state index contributed by atoms with van der Waals surface area (Å²) >= 11 is 1.45. The molecule has 1 atom stereocenters. The fourth-order valence-corrected chi connectivity index (χ4v) is 2.04. The van der Waals surface area contributed by atoms with Gasteiger partial charge in [-0.05, 0) is 38.3 Å². The van der Waals surface area contributed by atoms with Crippen LogP contribution in [0, 0.1) is 6.92 Å². The van der Waals surface area contributed by atoms with Gasteiger partial charge in [-0.25, -0.2) is 0 Å². The van der Waals surface area contributed by atoms with E-state index in [4.69, 9.17) is 4.74 Å². The summed E-state index contributed by atoms with van der Waals surface area (Å²) in [4.78, 5) is 1.19. The summed E-state index contributed by atoms with van der Waals surface area (Å²) in [5, 5.41) is 7.48. The van der Waals surface area contributed by atoms with Gasteiger partial charge in [-0.2, -0.15) is 0 Å². The summed E-state index contributed by atoms with van der Waals surface area (Å²) in [6.07, 6.45) is 1.12. The molecule has 1 heterocycles. The molecule has 5 heteroatoms. The number of aryl methyl sites for hydroxylation is 1. The number of hydrogen-bond donors (Lipinski definition) is 1. The van der Waals surface area contributed by atoms with Crippen molar-refractivity contribution >= 4 is 11.5 Å². The highest BCUT2D eigenvalue weighted by Crippen LogP contribution is 2.20. The van der Waals surface area contributed by atoms with Gasteiger partial charge in [0.2, 0.25) is 0 Å². The lowest BCUT2D eigenvalue weighted by atomic mass is 10.2. The predicted octanol–water partition coefficient (Wildman–Crippen LogP) is 1.92. The fourth-order valence-electron chi connectivity index (χ4n) is 1.34. The maximum Gasteiger partial charge on any atom is 0.0773 e. The summed E-state index contributed by atoms with van der Waals surface area (Å²) in [7, 11) is 0. The second-order valence-corrected chi connectivity index (χ2v) is 4.17. The van der Waals surface area contributed by atoms with Gasteiger partial charge in [0.05, 0.1) is 23.2 Å². The fraction of sp³-hybridized carbons (Fsp3) is 0.800. The first kappa shape index (κ1) is 12.5. The first-order valence-electron chi connectivity index (χ1n) is 5.39. The molecule has 15 heavy (non-hydrogen) atoms. The van der Waals surface area contributed by atoms with Gasteiger partial charge in [-0.1, -0.05) is 11.4 Å². The van der Waals surface area contributed by atoms with E-state index in [-0.39, 0.29) is 6.04 Å². The molecule has 0 amide bonds. The van der Waals surface area contributed by atoms with Gasteiger partial charge in [0.1, 0.15) is 0 Å². The second-order valence-electron chi connectivity index (χ2n) is 3.39. The van der Waals surface area contributed by atoms with Crippen molar-refractivity contribution in [2.45, 2.75) is 33.2 Å². The second kappa shape index (κ2) is 6.87. The van der Waals surface area contributed by atoms with E-state index < -0.39 is 0 Å². The van der Waals surface area contributed by atoms with Gasteiger partial charge >= 0.3 is 0 Å². The molecule has 1 N–H and O–H groups in total. The van der Waals surface area contributed by atoms with E-state index in [0.29, 0.717) is 6.61 Å². The van der Waals surface area contributed by atoms with Crippen molar-refractivity contribution in [1.82, 2.24) is 14.9 Å². The van der Waals surface area contributed by atoms with Crippen molar-refractivity contribution in [3.63, 3.8) is 0 Å². The standard InChI is InChI=1S/C10H19N3OS/c1-4-6-11-9(7-14-5-2)10-8(3)12-13-15-10/h9,11H,4-7H2,1-3H3. The Morgan fingerprint density at radius 1 is 1.47 bits per heavy atom. The van der Waals surface area contributed by atoms with E-state index in [2.05, 4.69) is 21.8 Å². The minimum absolute atomic E-state index is 0.241. The van der Waals surface area contributed by atoms with Gasteiger partial charge in [0.15, 0.2) is 0 Å². The van der Waals surface area contributed by atoms with Crippen molar-refractivity contribution in [2.24, 2.45) is 0 Å². The van der Waals surface area contributed by atoms with Crippen LogP contribution in [0.3, 0.4) is 0 Å². The third kappa shape index (κ3) is 3.85. The highest BCUT2D eigenvalue weighted by atomic mass is 32.1. The van der Waals surface area contributed by atoms with E-state index in [1.807, 2.05) is 13.8 Å². The number of nitrogens with zero attached hydrogens (tertiary/aromatic N) is 2. The SMILES string of the molecule is CCCNC(COCC)c1snnc1C. The zero-order valence-corrected chi connectivity index (χ0v) is 10.4. The van der Waals surface area contributed by atoms with E-state index >= 15 is 0 Å². The van der Waals surface area contributed by atoms with Crippen molar-refractivity contribution < 1.29 is 4.74 Å². The molecule has 1 unspecified atom stereocenters. The molecule has 1 aromatic rings. The number of rotatable bonds is 7. The van der Waals surface area contributed by atoms with Crippen LogP contribution in [0.1, 0.15) is 36.9 Å². The zero-order chi connectivity index (χ0) is 11.1. The first-order chi connectivity index (χ1) is 7.29. The van der Waals surface area contributed by atoms with Gasteiger partial charge < -0.3 is 10.1 Å². The molecule has 1 aromatic heterocycles. The van der Waals surface area contributed by atoms with E-state index in [0.717, 1.165) is 25.3 Å². The average molecular weight is 229 g/mol. The first-order valence-corrected chi connectivity index (χ1v) is 6.16. The van der Waals surface area contributed by atoms with Crippen LogP contribution in [-0.2, 0) is 4.74 Å². The Morgan fingerprint density at radius 2 is 2.27 bits per heavy atom. The Bertz CT molecular complexity index is 269. The van der Waals surface area contributed by atoms with E-state index in [1.54, 1.807) is 0 Å². The third-order valence-electron chi connectivity index (χ3n) is 2.13. The Balaban J connectivity index is 2.58. The highest BCUT2D eigenvalue weighted by molar-refractivity contribution is 7.05. The van der Waals surface area contributed by atoms with Crippen LogP contribution in [0.25, 0.3) is 0 Å². The summed E-state index contributed by atoms with van der Waals surface area (Å²) in [5.74, 6) is 0. The largest absolute Gasteiger partial charge is 0.380 e. The van der Waals surface area contributed by atoms with Gasteiger partial charge in [0.25, 0.3) is 0 Å². The number of hydrogen-bond acceptors (Lipinski definition) is 5. The summed E-state index contributed by atoms with van der Waals surface area (Å²) in [6.45, 7) is 8.59. The molecule has 0 aromatic carbocycles. The normalized spacial score (nSPS) is 13.0. The third-order valence-corrected chi connectivity index (χ3v) is 3.07. The molecule has 1 rings (SSSR count). The van der Waals surface area contributed by atoms with E-state index in [9.17, 15) is 0 Å². The van der Waals surface area contributed by atoms with Crippen molar-refractivity contribution in [1.29, 1.82) is 0 Å². The topological polar surface area (TPSA) is 47.0 Å². The van der Waals surface area contributed by atoms with Crippen molar-refractivity contribution in [3.8, 4) is 0 Å². The number of nitrogens with one attached hydrogen (secondary N) is 1. The molecular weight excluding hydrogens is 210 g/mol. The lowest BCUT2D eigenvalue weighted by molar-refractivity contribution is 0.123. The minimum atomic E-state index is 0.241. The Labute approximate surface area is 95.2 Å². The molecule has 4 nitrogen and oxygen atoms in total. The molecule has 0 aliphatic carbocycles. The van der Waals surface area contributed by atoms with Crippen LogP contribution in [0.2, 0.25) is 0 Å². The molecule has 0 fully saturated rings. The molecule has 86 valence electrons. The van der Waals surface area contributed by atoms with Crippen molar-refractivity contribution in [2.75, 3.05) is 19.8 Å². The highest BCUT2D eigenvalue weighted by Gasteiger charge is 2.16. The van der Waals surface area contributed by atoms with Crippen molar-refractivity contribution in [3.05, 3.63) is 10.6 Å². The van der Waals surface area contributed by atoms with Crippen LogP contribution < -0.4 is 5.32 Å². The maximum atomic E-state index is 5.46. The lowest BCUT2D eigenvalue weighted by Gasteiger charge is -2.16. The summed E-state index contributed by atoms with van der Waals surface area (Å²) < 4.78 is 9.41. The monoisotopic (exact) mass is 229 g/mol. The quantitative estimate of drug-likeness (QED) is 0.776. The van der Waals surface area contributed by atoms with E-state index in [1.165, 1.54) is 16.4 Å². The van der Waals surface area contributed by atoms with Crippen LogP contribution in [0.4, 0.5) is 0 Å². The predicted molar refractivity (Wildman–Crippen MR) is 62.2 cm³/mol. The number of aromatic nitrogens is 2. The van der Waals surface area contributed by atoms with Crippen LogP contribution >= 0.6 is 11.5 Å². The zero-order valence-electron chi connectivity index (χ0n) is 9.62. The lowest BCUT2D eigenvalue weighted by Crippen LogP contribution is -2.26. The van der Waals surface area contributed by atoms with Gasteiger partial charge in [-0.15, -0.1) is 5.10 Å². The Morgan fingerprint density at radius 3 is 2.80 bits per heavy atom. The molecule has 0 saturated heterocycles. The minimum Gasteiger partial charge on any atom is -0.380 e. The van der Waals surface area contributed by atoms with Crippen LogP contribution in [0.15, 0.2) is 0 Å². The van der Waals surface area contributed by atoms with Gasteiger partial charge in [0, 0.05) is 6.61 Å². The molecule has 0 saturated carbocycles. The molecule has 0 radical (unpaired) electrons. The van der Waals surface area contributed by atoms with Crippen LogP contribution in [-0.4, -0.2) is 29.3 Å². The summed E-state index contributed by atoms with van der Waals surface area (Å²) in [6, 6.07) is 0.241. The molecule has 0 spiro atoms. The maximum absolute atomic E-state index is 5.46. The summed E-state index contributed by atoms with van der Waals surface area (Å²) in [5.41, 5.74) is 1.01. The average Bonchev–Trinajstić information content (AvgIpc) is 2.65. The van der Waals surface area contributed by atoms with Gasteiger partial charge in [-0.3, -0.25) is 0 Å². The van der Waals surface area contributed by atoms with Crippen LogP contribution in [0.5, 0.6) is 0 Å². The Kier molecular flexibility index (Phi) is 5.75. The molecule has 0 aliphatic rings. The molecule has 0 bridgehead atoms.